The number of nitrogens with zero attached hydrogens (tertiary/aromatic N) is 2. The van der Waals surface area contributed by atoms with E-state index in [9.17, 15) is 4.79 Å². The molecule has 1 N–H and O–H groups in total. The van der Waals surface area contributed by atoms with Crippen molar-refractivity contribution in [3.05, 3.63) is 76.2 Å². The third-order valence-electron chi connectivity index (χ3n) is 4.33. The molecule has 0 aliphatic rings. The van der Waals surface area contributed by atoms with Crippen LogP contribution in [0.25, 0.3) is 10.6 Å². The third-order valence-corrected chi connectivity index (χ3v) is 6.27. The Morgan fingerprint density at radius 2 is 1.83 bits per heavy atom. The molecule has 5 nitrogen and oxygen atoms in total. The molecule has 2 aromatic carbocycles. The maximum atomic E-state index is 12.5. The number of ether oxygens (including phenoxy) is 1. The van der Waals surface area contributed by atoms with Crippen LogP contribution < -0.4 is 10.1 Å². The lowest BCUT2D eigenvalue weighted by Crippen LogP contribution is -2.02. The number of carbonyl (C=O) groups excluding carboxylic acids is 1. The van der Waals surface area contributed by atoms with E-state index in [0.29, 0.717) is 12.0 Å². The predicted molar refractivity (Wildman–Crippen MR) is 119 cm³/mol. The van der Waals surface area contributed by atoms with E-state index in [-0.39, 0.29) is 5.78 Å². The van der Waals surface area contributed by atoms with Gasteiger partial charge in [-0.1, -0.05) is 42.5 Å². The quantitative estimate of drug-likeness (QED) is 0.385. The Hall–Kier alpha value is -3.03. The molecule has 0 radical (unpaired) electrons. The molecule has 0 saturated heterocycles. The SMILES string of the molecule is COc1ccccc1Nc1nc(-c2sc(CC(=O)c3ccccc3)nc2C)cs1. The largest absolute Gasteiger partial charge is 0.495 e. The van der Waals surface area contributed by atoms with Crippen LogP contribution in [0.3, 0.4) is 0 Å². The Bertz CT molecular complexity index is 1140. The second kappa shape index (κ2) is 8.55. The lowest BCUT2D eigenvalue weighted by Gasteiger charge is -2.07. The van der Waals surface area contributed by atoms with Crippen LogP contribution in [-0.4, -0.2) is 22.9 Å². The Kier molecular flexibility index (Phi) is 5.69. The average Bonchev–Trinajstić information content (AvgIpc) is 3.35. The van der Waals surface area contributed by atoms with Crippen molar-refractivity contribution >= 4 is 39.3 Å². The number of Topliss-reactive ketones (excluding diaryl/α,β-unsaturated/α-hetero) is 1. The van der Waals surface area contributed by atoms with Crippen LogP contribution >= 0.6 is 22.7 Å². The number of carbonyl (C=O) groups is 1. The molecule has 7 heteroatoms. The van der Waals surface area contributed by atoms with E-state index in [2.05, 4.69) is 10.3 Å². The number of hydrogen-bond donors (Lipinski definition) is 1. The van der Waals surface area contributed by atoms with Crippen molar-refractivity contribution < 1.29 is 9.53 Å². The zero-order valence-corrected chi connectivity index (χ0v) is 17.6. The molecular formula is C22H19N3O2S2. The summed E-state index contributed by atoms with van der Waals surface area (Å²) in [5.74, 6) is 0.836. The normalized spacial score (nSPS) is 10.7. The highest BCUT2D eigenvalue weighted by Crippen LogP contribution is 2.35. The zero-order valence-electron chi connectivity index (χ0n) is 16.0. The number of para-hydroxylation sites is 2. The first kappa shape index (κ1) is 19.3. The van der Waals surface area contributed by atoms with Gasteiger partial charge in [-0.15, -0.1) is 22.7 Å². The molecule has 146 valence electrons. The Morgan fingerprint density at radius 3 is 2.62 bits per heavy atom. The molecule has 0 amide bonds. The molecule has 4 rings (SSSR count). The van der Waals surface area contributed by atoms with Gasteiger partial charge in [0.15, 0.2) is 10.9 Å². The molecule has 0 fully saturated rings. The lowest BCUT2D eigenvalue weighted by molar-refractivity contribution is 0.0993. The summed E-state index contributed by atoms with van der Waals surface area (Å²) >= 11 is 3.04. The summed E-state index contributed by atoms with van der Waals surface area (Å²) in [7, 11) is 1.65. The summed E-state index contributed by atoms with van der Waals surface area (Å²) in [6.45, 7) is 1.95. The number of thiazole rings is 2. The highest BCUT2D eigenvalue weighted by molar-refractivity contribution is 7.17. The number of methoxy groups -OCH3 is 1. The van der Waals surface area contributed by atoms with Gasteiger partial charge in [0, 0.05) is 10.9 Å². The van der Waals surface area contributed by atoms with Crippen LogP contribution in [0, 0.1) is 6.92 Å². The highest BCUT2D eigenvalue weighted by Gasteiger charge is 2.16. The van der Waals surface area contributed by atoms with Gasteiger partial charge in [0.2, 0.25) is 0 Å². The van der Waals surface area contributed by atoms with Gasteiger partial charge in [-0.25, -0.2) is 9.97 Å². The molecule has 0 spiro atoms. The zero-order chi connectivity index (χ0) is 20.2. The van der Waals surface area contributed by atoms with Gasteiger partial charge in [0.1, 0.15) is 10.8 Å². The van der Waals surface area contributed by atoms with Gasteiger partial charge >= 0.3 is 0 Å². The lowest BCUT2D eigenvalue weighted by atomic mass is 10.1. The Balaban J connectivity index is 1.52. The van der Waals surface area contributed by atoms with Crippen LogP contribution in [0.4, 0.5) is 10.8 Å². The van der Waals surface area contributed by atoms with Crippen LogP contribution in [0.2, 0.25) is 0 Å². The highest BCUT2D eigenvalue weighted by atomic mass is 32.1. The van der Waals surface area contributed by atoms with E-state index in [1.54, 1.807) is 7.11 Å². The van der Waals surface area contributed by atoms with E-state index in [1.165, 1.54) is 22.7 Å². The first-order chi connectivity index (χ1) is 14.1. The van der Waals surface area contributed by atoms with Gasteiger partial charge in [-0.2, -0.15) is 0 Å². The second-order valence-corrected chi connectivity index (χ2v) is 8.29. The number of rotatable bonds is 7. The minimum Gasteiger partial charge on any atom is -0.495 e. The summed E-state index contributed by atoms with van der Waals surface area (Å²) in [6, 6.07) is 17.0. The molecule has 0 aliphatic carbocycles. The van der Waals surface area contributed by atoms with Gasteiger partial charge < -0.3 is 10.1 Å². The maximum Gasteiger partial charge on any atom is 0.187 e. The molecule has 2 heterocycles. The van der Waals surface area contributed by atoms with Crippen molar-refractivity contribution in [1.29, 1.82) is 0 Å². The molecule has 2 aromatic heterocycles. The van der Waals surface area contributed by atoms with Crippen LogP contribution in [-0.2, 0) is 6.42 Å². The fourth-order valence-corrected chi connectivity index (χ4v) is 4.74. The summed E-state index contributed by atoms with van der Waals surface area (Å²) in [5.41, 5.74) is 3.32. The number of hydrogen-bond acceptors (Lipinski definition) is 7. The molecule has 0 saturated carbocycles. The molecule has 0 atom stereocenters. The second-order valence-electron chi connectivity index (χ2n) is 6.35. The van der Waals surface area contributed by atoms with Crippen LogP contribution in [0.1, 0.15) is 21.1 Å². The van der Waals surface area contributed by atoms with Gasteiger partial charge in [-0.3, -0.25) is 4.79 Å². The van der Waals surface area contributed by atoms with E-state index >= 15 is 0 Å². The number of anilines is 2. The monoisotopic (exact) mass is 421 g/mol. The van der Waals surface area contributed by atoms with Crippen molar-refractivity contribution in [2.24, 2.45) is 0 Å². The van der Waals surface area contributed by atoms with Crippen molar-refractivity contribution in [2.45, 2.75) is 13.3 Å². The van der Waals surface area contributed by atoms with E-state index in [1.807, 2.05) is 66.9 Å². The minimum atomic E-state index is 0.0720. The number of benzene rings is 2. The van der Waals surface area contributed by atoms with Crippen molar-refractivity contribution in [3.63, 3.8) is 0 Å². The van der Waals surface area contributed by atoms with Crippen LogP contribution in [0.15, 0.2) is 60.0 Å². The number of ketones is 1. The molecule has 29 heavy (non-hydrogen) atoms. The van der Waals surface area contributed by atoms with Crippen molar-refractivity contribution in [1.82, 2.24) is 9.97 Å². The Labute approximate surface area is 177 Å². The standard InChI is InChI=1S/C22H19N3O2S2/c1-14-21(29-20(23-14)12-18(26)15-8-4-3-5-9-15)17-13-28-22(25-17)24-16-10-6-7-11-19(16)27-2/h3-11,13H,12H2,1-2H3,(H,24,25). The number of aryl methyl sites for hydroxylation is 1. The number of aromatic nitrogens is 2. The maximum absolute atomic E-state index is 12.5. The first-order valence-corrected chi connectivity index (χ1v) is 10.7. The molecule has 0 unspecified atom stereocenters. The smallest absolute Gasteiger partial charge is 0.187 e. The molecular weight excluding hydrogens is 402 g/mol. The first-order valence-electron chi connectivity index (χ1n) is 9.04. The van der Waals surface area contributed by atoms with E-state index < -0.39 is 0 Å². The summed E-state index contributed by atoms with van der Waals surface area (Å²) < 4.78 is 5.38. The van der Waals surface area contributed by atoms with E-state index in [4.69, 9.17) is 9.72 Å². The van der Waals surface area contributed by atoms with Crippen molar-refractivity contribution in [2.75, 3.05) is 12.4 Å². The number of nitrogens with one attached hydrogen (secondary N) is 1. The van der Waals surface area contributed by atoms with Crippen molar-refractivity contribution in [3.8, 4) is 16.3 Å². The third kappa shape index (κ3) is 4.36. The summed E-state index contributed by atoms with van der Waals surface area (Å²) in [4.78, 5) is 22.8. The Morgan fingerprint density at radius 1 is 1.07 bits per heavy atom. The summed E-state index contributed by atoms with van der Waals surface area (Å²) in [6.07, 6.45) is 0.298. The van der Waals surface area contributed by atoms with Crippen LogP contribution in [0.5, 0.6) is 5.75 Å². The molecule has 0 bridgehead atoms. The predicted octanol–water partition coefficient (Wildman–Crippen LogP) is 5.75. The minimum absolute atomic E-state index is 0.0720. The fraction of sp³-hybridized carbons (Fsp3) is 0.136. The van der Waals surface area contributed by atoms with Gasteiger partial charge in [-0.05, 0) is 19.1 Å². The molecule has 0 aliphatic heterocycles. The van der Waals surface area contributed by atoms with Gasteiger partial charge in [0.25, 0.3) is 0 Å². The topological polar surface area (TPSA) is 64.1 Å². The van der Waals surface area contributed by atoms with Gasteiger partial charge in [0.05, 0.1) is 35.5 Å². The van der Waals surface area contributed by atoms with E-state index in [0.717, 1.165) is 37.8 Å². The summed E-state index contributed by atoms with van der Waals surface area (Å²) in [5, 5.41) is 6.89. The molecule has 4 aromatic rings. The average molecular weight is 422 g/mol. The fourth-order valence-electron chi connectivity index (χ4n) is 2.93.